The third kappa shape index (κ3) is 5.28. The molecule has 0 aromatic heterocycles. The smallest absolute Gasteiger partial charge is 0.269 e. The summed E-state index contributed by atoms with van der Waals surface area (Å²) in [6, 6.07) is 9.64. The van der Waals surface area contributed by atoms with Crippen molar-refractivity contribution in [3.63, 3.8) is 0 Å². The van der Waals surface area contributed by atoms with Crippen LogP contribution >= 0.6 is 23.2 Å². The van der Waals surface area contributed by atoms with E-state index in [1.807, 2.05) is 6.92 Å². The number of benzene rings is 2. The number of rotatable bonds is 6. The van der Waals surface area contributed by atoms with Crippen molar-refractivity contribution in [1.29, 1.82) is 0 Å². The summed E-state index contributed by atoms with van der Waals surface area (Å²) in [5.74, 6) is 0.0975. The van der Waals surface area contributed by atoms with E-state index in [2.05, 4.69) is 10.9 Å². The van der Waals surface area contributed by atoms with Crippen LogP contribution in [0.2, 0.25) is 10.0 Å². The zero-order valence-electron chi connectivity index (χ0n) is 14.3. The van der Waals surface area contributed by atoms with Crippen molar-refractivity contribution in [2.24, 2.45) is 0 Å². The quantitative estimate of drug-likeness (QED) is 0.733. The summed E-state index contributed by atoms with van der Waals surface area (Å²) in [5.41, 5.74) is 5.70. The lowest BCUT2D eigenvalue weighted by atomic mass is 10.1. The van der Waals surface area contributed by atoms with Gasteiger partial charge in [-0.3, -0.25) is 20.4 Å². The number of hydrogen-bond donors (Lipinski definition) is 2. The highest BCUT2D eigenvalue weighted by atomic mass is 35.5. The summed E-state index contributed by atoms with van der Waals surface area (Å²) >= 11 is 11.7. The lowest BCUT2D eigenvalue weighted by molar-refractivity contribution is -0.121. The maximum atomic E-state index is 12.2. The van der Waals surface area contributed by atoms with Gasteiger partial charge in [-0.05, 0) is 42.8 Å². The van der Waals surface area contributed by atoms with Crippen LogP contribution in [-0.4, -0.2) is 25.5 Å². The Kier molecular flexibility index (Phi) is 7.12. The molecule has 2 amide bonds. The molecule has 0 aliphatic rings. The van der Waals surface area contributed by atoms with Crippen LogP contribution in [0.4, 0.5) is 0 Å². The van der Waals surface area contributed by atoms with Gasteiger partial charge in [0, 0.05) is 5.56 Å². The number of halogens is 2. The van der Waals surface area contributed by atoms with Gasteiger partial charge < -0.3 is 9.47 Å². The van der Waals surface area contributed by atoms with Gasteiger partial charge in [-0.1, -0.05) is 29.3 Å². The van der Waals surface area contributed by atoms with E-state index in [9.17, 15) is 9.59 Å². The van der Waals surface area contributed by atoms with Gasteiger partial charge in [0.25, 0.3) is 5.91 Å². The fourth-order valence-corrected chi connectivity index (χ4v) is 2.48. The SMILES string of the molecule is CCOc1ccc(C(=O)NNC(=O)Cc2ccc(Cl)c(Cl)c2)cc1OC. The molecular weight excluding hydrogens is 379 g/mol. The summed E-state index contributed by atoms with van der Waals surface area (Å²) in [5, 5.41) is 0.774. The first-order valence-electron chi connectivity index (χ1n) is 7.78. The number of nitrogens with one attached hydrogen (secondary N) is 2. The van der Waals surface area contributed by atoms with Crippen LogP contribution in [-0.2, 0) is 11.2 Å². The van der Waals surface area contributed by atoms with Crippen molar-refractivity contribution in [1.82, 2.24) is 10.9 Å². The van der Waals surface area contributed by atoms with Crippen LogP contribution in [0.15, 0.2) is 36.4 Å². The molecule has 2 aromatic carbocycles. The van der Waals surface area contributed by atoms with Crippen LogP contribution in [0.25, 0.3) is 0 Å². The first-order valence-corrected chi connectivity index (χ1v) is 8.54. The van der Waals surface area contributed by atoms with E-state index in [0.29, 0.717) is 39.3 Å². The van der Waals surface area contributed by atoms with Crippen molar-refractivity contribution >= 4 is 35.0 Å². The number of ether oxygens (including phenoxy) is 2. The molecule has 0 aliphatic carbocycles. The Morgan fingerprint density at radius 1 is 1.00 bits per heavy atom. The predicted octanol–water partition coefficient (Wildman–Crippen LogP) is 3.40. The minimum absolute atomic E-state index is 0.0454. The maximum absolute atomic E-state index is 12.2. The van der Waals surface area contributed by atoms with Crippen molar-refractivity contribution in [3.8, 4) is 11.5 Å². The van der Waals surface area contributed by atoms with E-state index in [-0.39, 0.29) is 6.42 Å². The molecule has 2 rings (SSSR count). The molecule has 6 nitrogen and oxygen atoms in total. The van der Waals surface area contributed by atoms with Crippen molar-refractivity contribution in [2.75, 3.05) is 13.7 Å². The van der Waals surface area contributed by atoms with Gasteiger partial charge in [-0.25, -0.2) is 0 Å². The number of hydrazine groups is 1. The molecule has 138 valence electrons. The van der Waals surface area contributed by atoms with Gasteiger partial charge in [-0.15, -0.1) is 0 Å². The molecule has 0 aliphatic heterocycles. The molecule has 2 aromatic rings. The molecule has 0 bridgehead atoms. The largest absolute Gasteiger partial charge is 0.493 e. The highest BCUT2D eigenvalue weighted by Crippen LogP contribution is 2.28. The minimum atomic E-state index is -0.478. The molecule has 26 heavy (non-hydrogen) atoms. The van der Waals surface area contributed by atoms with Gasteiger partial charge in [0.1, 0.15) is 0 Å². The Morgan fingerprint density at radius 2 is 1.77 bits per heavy atom. The topological polar surface area (TPSA) is 76.7 Å². The molecule has 0 radical (unpaired) electrons. The molecule has 8 heteroatoms. The number of carbonyl (C=O) groups is 2. The van der Waals surface area contributed by atoms with Gasteiger partial charge in [0.15, 0.2) is 11.5 Å². The number of methoxy groups -OCH3 is 1. The molecule has 0 spiro atoms. The number of amides is 2. The third-order valence-corrected chi connectivity index (χ3v) is 4.13. The lowest BCUT2D eigenvalue weighted by Gasteiger charge is -2.12. The molecule has 0 unspecified atom stereocenters. The normalized spacial score (nSPS) is 10.2. The summed E-state index contributed by atoms with van der Waals surface area (Å²) in [4.78, 5) is 24.1. The van der Waals surface area contributed by atoms with Gasteiger partial charge in [-0.2, -0.15) is 0 Å². The van der Waals surface area contributed by atoms with Crippen molar-refractivity contribution < 1.29 is 19.1 Å². The lowest BCUT2D eigenvalue weighted by Crippen LogP contribution is -2.42. The second-order valence-electron chi connectivity index (χ2n) is 5.23. The van der Waals surface area contributed by atoms with Crippen molar-refractivity contribution in [3.05, 3.63) is 57.6 Å². The summed E-state index contributed by atoms with van der Waals surface area (Å²) in [6.45, 7) is 2.33. The van der Waals surface area contributed by atoms with Crippen molar-refractivity contribution in [2.45, 2.75) is 13.3 Å². The Morgan fingerprint density at radius 3 is 2.42 bits per heavy atom. The summed E-state index contributed by atoms with van der Waals surface area (Å²) < 4.78 is 10.6. The zero-order chi connectivity index (χ0) is 19.1. The Labute approximate surface area is 161 Å². The predicted molar refractivity (Wildman–Crippen MR) is 99.9 cm³/mol. The fraction of sp³-hybridized carbons (Fsp3) is 0.222. The van der Waals surface area contributed by atoms with Crippen LogP contribution in [0.5, 0.6) is 11.5 Å². The van der Waals surface area contributed by atoms with Crippen LogP contribution < -0.4 is 20.3 Å². The molecular formula is C18H18Cl2N2O4. The first-order chi connectivity index (χ1) is 12.4. The van der Waals surface area contributed by atoms with Crippen LogP contribution in [0, 0.1) is 0 Å². The van der Waals surface area contributed by atoms with E-state index < -0.39 is 11.8 Å². The van der Waals surface area contributed by atoms with E-state index in [4.69, 9.17) is 32.7 Å². The average molecular weight is 397 g/mol. The Bertz CT molecular complexity index is 812. The third-order valence-electron chi connectivity index (χ3n) is 3.39. The summed E-state index contributed by atoms with van der Waals surface area (Å²) in [6.07, 6.45) is 0.0454. The highest BCUT2D eigenvalue weighted by molar-refractivity contribution is 6.42. The maximum Gasteiger partial charge on any atom is 0.269 e. The van der Waals surface area contributed by atoms with E-state index in [1.165, 1.54) is 13.2 Å². The average Bonchev–Trinajstić information content (AvgIpc) is 2.63. The van der Waals surface area contributed by atoms with Crippen LogP contribution in [0.3, 0.4) is 0 Å². The Hall–Kier alpha value is -2.44. The molecule has 0 atom stereocenters. The minimum Gasteiger partial charge on any atom is -0.493 e. The number of hydrogen-bond acceptors (Lipinski definition) is 4. The molecule has 2 N–H and O–H groups in total. The van der Waals surface area contributed by atoms with Crippen LogP contribution in [0.1, 0.15) is 22.8 Å². The van der Waals surface area contributed by atoms with Gasteiger partial charge in [0.2, 0.25) is 5.91 Å². The second-order valence-corrected chi connectivity index (χ2v) is 6.04. The number of carbonyl (C=O) groups excluding carboxylic acids is 2. The summed E-state index contributed by atoms with van der Waals surface area (Å²) in [7, 11) is 1.48. The van der Waals surface area contributed by atoms with E-state index in [0.717, 1.165) is 0 Å². The molecule has 0 fully saturated rings. The fourth-order valence-electron chi connectivity index (χ4n) is 2.16. The Balaban J connectivity index is 1.95. The second kappa shape index (κ2) is 9.31. The monoisotopic (exact) mass is 396 g/mol. The molecule has 0 saturated carbocycles. The van der Waals surface area contributed by atoms with E-state index in [1.54, 1.807) is 30.3 Å². The molecule has 0 saturated heterocycles. The first kappa shape index (κ1) is 19.9. The standard InChI is InChI=1S/C18H18Cl2N2O4/c1-3-26-15-7-5-12(10-16(15)25-2)18(24)22-21-17(23)9-11-4-6-13(19)14(20)8-11/h4-8,10H,3,9H2,1-2H3,(H,21,23)(H,22,24). The highest BCUT2D eigenvalue weighted by Gasteiger charge is 2.12. The van der Waals surface area contributed by atoms with Gasteiger partial charge >= 0.3 is 0 Å². The zero-order valence-corrected chi connectivity index (χ0v) is 15.8. The van der Waals surface area contributed by atoms with Gasteiger partial charge in [0.05, 0.1) is 30.2 Å². The van der Waals surface area contributed by atoms with E-state index >= 15 is 0 Å². The molecule has 0 heterocycles.